The van der Waals surface area contributed by atoms with Crippen LogP contribution < -0.4 is 5.32 Å². The van der Waals surface area contributed by atoms with Crippen LogP contribution in [0.15, 0.2) is 50.7 Å². The third-order valence-electron chi connectivity index (χ3n) is 3.04. The summed E-state index contributed by atoms with van der Waals surface area (Å²) < 4.78 is 6.47. The quantitative estimate of drug-likeness (QED) is 0.741. The van der Waals surface area contributed by atoms with E-state index in [-0.39, 0.29) is 11.9 Å². The Hall–Kier alpha value is -1.59. The molecule has 3 rings (SSSR count). The van der Waals surface area contributed by atoms with E-state index in [4.69, 9.17) is 4.42 Å². The highest BCUT2D eigenvalue weighted by molar-refractivity contribution is 9.10. The minimum absolute atomic E-state index is 0.0286. The summed E-state index contributed by atoms with van der Waals surface area (Å²) in [5, 5.41) is 5.85. The van der Waals surface area contributed by atoms with E-state index in [9.17, 15) is 4.79 Å². The van der Waals surface area contributed by atoms with Crippen molar-refractivity contribution in [3.63, 3.8) is 0 Å². The largest absolute Gasteiger partial charge is 0.450 e. The molecule has 5 heteroatoms. The van der Waals surface area contributed by atoms with Crippen LogP contribution in [-0.2, 0) is 0 Å². The normalized spacial score (nSPS) is 12.5. The van der Waals surface area contributed by atoms with Gasteiger partial charge in [0, 0.05) is 10.3 Å². The number of hydrogen-bond acceptors (Lipinski definition) is 3. The number of furan rings is 1. The Morgan fingerprint density at radius 1 is 1.35 bits per heavy atom. The van der Waals surface area contributed by atoms with Crippen molar-refractivity contribution in [1.82, 2.24) is 5.32 Å². The molecule has 0 saturated heterocycles. The molecule has 2 heterocycles. The first kappa shape index (κ1) is 13.4. The summed E-state index contributed by atoms with van der Waals surface area (Å²) in [6.07, 6.45) is 0. The minimum atomic E-state index is -0.200. The Balaban J connectivity index is 1.84. The Bertz CT molecular complexity index is 748. The molecule has 0 spiro atoms. The zero-order valence-corrected chi connectivity index (χ0v) is 13.1. The first-order valence-corrected chi connectivity index (χ1v) is 7.85. The molecule has 0 aliphatic rings. The summed E-state index contributed by atoms with van der Waals surface area (Å²) in [7, 11) is 0. The lowest BCUT2D eigenvalue weighted by Gasteiger charge is -2.10. The van der Waals surface area contributed by atoms with Gasteiger partial charge < -0.3 is 9.73 Å². The maximum absolute atomic E-state index is 12.2. The fourth-order valence-corrected chi connectivity index (χ4v) is 3.21. The fraction of sp³-hybridized carbons (Fsp3) is 0.133. The lowest BCUT2D eigenvalue weighted by molar-refractivity contribution is 0.0914. The van der Waals surface area contributed by atoms with Crippen molar-refractivity contribution in [3.8, 4) is 0 Å². The van der Waals surface area contributed by atoms with Crippen molar-refractivity contribution in [2.24, 2.45) is 0 Å². The maximum Gasteiger partial charge on any atom is 0.287 e. The van der Waals surface area contributed by atoms with Crippen molar-refractivity contribution < 1.29 is 9.21 Å². The standard InChI is InChI=1S/C15H12BrNO2S/c1-9(13-6-3-7-20-13)17-15(18)12-8-10-4-2-5-11(16)14(10)19-12/h2-9H,1H3,(H,17,18). The van der Waals surface area contributed by atoms with Gasteiger partial charge in [0.15, 0.2) is 5.76 Å². The molecule has 3 nitrogen and oxygen atoms in total. The van der Waals surface area contributed by atoms with E-state index in [2.05, 4.69) is 21.2 Å². The molecule has 0 aliphatic heterocycles. The number of benzene rings is 1. The second-order valence-corrected chi connectivity index (χ2v) is 6.31. The van der Waals surface area contributed by atoms with E-state index in [1.807, 2.05) is 42.6 Å². The Kier molecular flexibility index (Phi) is 3.63. The molecule has 0 radical (unpaired) electrons. The first-order chi connectivity index (χ1) is 9.65. The lowest BCUT2D eigenvalue weighted by atomic mass is 10.2. The van der Waals surface area contributed by atoms with E-state index >= 15 is 0 Å². The maximum atomic E-state index is 12.2. The van der Waals surface area contributed by atoms with Crippen LogP contribution >= 0.6 is 27.3 Å². The van der Waals surface area contributed by atoms with Gasteiger partial charge in [0.05, 0.1) is 10.5 Å². The summed E-state index contributed by atoms with van der Waals surface area (Å²) in [5.74, 6) is 0.129. The molecule has 1 unspecified atom stereocenters. The van der Waals surface area contributed by atoms with E-state index in [0.29, 0.717) is 11.3 Å². The highest BCUT2D eigenvalue weighted by Gasteiger charge is 2.16. The number of carbonyl (C=O) groups is 1. The highest BCUT2D eigenvalue weighted by Crippen LogP contribution is 2.27. The Morgan fingerprint density at radius 3 is 2.90 bits per heavy atom. The van der Waals surface area contributed by atoms with Gasteiger partial charge in [-0.25, -0.2) is 0 Å². The molecule has 0 fully saturated rings. The predicted molar refractivity (Wildman–Crippen MR) is 84.1 cm³/mol. The first-order valence-electron chi connectivity index (χ1n) is 6.17. The van der Waals surface area contributed by atoms with Crippen LogP contribution in [0.1, 0.15) is 28.4 Å². The van der Waals surface area contributed by atoms with Crippen LogP contribution in [0.2, 0.25) is 0 Å². The average Bonchev–Trinajstić information content (AvgIpc) is 3.08. The number of halogens is 1. The predicted octanol–water partition coefficient (Wildman–Crippen LogP) is 4.75. The van der Waals surface area contributed by atoms with Crippen LogP contribution in [0.25, 0.3) is 11.0 Å². The van der Waals surface area contributed by atoms with Crippen molar-refractivity contribution >= 4 is 44.1 Å². The molecule has 1 amide bonds. The lowest BCUT2D eigenvalue weighted by Crippen LogP contribution is -2.25. The van der Waals surface area contributed by atoms with Crippen LogP contribution in [0.5, 0.6) is 0 Å². The molecule has 102 valence electrons. The van der Waals surface area contributed by atoms with Gasteiger partial charge in [-0.3, -0.25) is 4.79 Å². The highest BCUT2D eigenvalue weighted by atomic mass is 79.9. The van der Waals surface area contributed by atoms with Gasteiger partial charge in [0.2, 0.25) is 0 Å². The average molecular weight is 350 g/mol. The van der Waals surface area contributed by atoms with E-state index in [0.717, 1.165) is 14.7 Å². The van der Waals surface area contributed by atoms with E-state index < -0.39 is 0 Å². The number of amides is 1. The molecule has 1 atom stereocenters. The number of para-hydroxylation sites is 1. The van der Waals surface area contributed by atoms with Crippen LogP contribution in [-0.4, -0.2) is 5.91 Å². The van der Waals surface area contributed by atoms with Gasteiger partial charge in [-0.2, -0.15) is 0 Å². The molecule has 20 heavy (non-hydrogen) atoms. The monoisotopic (exact) mass is 349 g/mol. The Morgan fingerprint density at radius 2 is 2.20 bits per heavy atom. The summed E-state index contributed by atoms with van der Waals surface area (Å²) in [6, 6.07) is 11.4. The summed E-state index contributed by atoms with van der Waals surface area (Å²) in [5.41, 5.74) is 0.696. The SMILES string of the molecule is CC(NC(=O)c1cc2cccc(Br)c2o1)c1cccs1. The van der Waals surface area contributed by atoms with E-state index in [1.54, 1.807) is 17.4 Å². The van der Waals surface area contributed by atoms with Crippen molar-refractivity contribution in [2.75, 3.05) is 0 Å². The number of rotatable bonds is 3. The third kappa shape index (κ3) is 2.51. The van der Waals surface area contributed by atoms with Gasteiger partial charge in [-0.05, 0) is 46.4 Å². The summed E-state index contributed by atoms with van der Waals surface area (Å²) in [6.45, 7) is 1.96. The second kappa shape index (κ2) is 5.42. The van der Waals surface area contributed by atoms with Crippen LogP contribution in [0.3, 0.4) is 0 Å². The molecular weight excluding hydrogens is 338 g/mol. The number of nitrogens with one attached hydrogen (secondary N) is 1. The van der Waals surface area contributed by atoms with Gasteiger partial charge in [-0.15, -0.1) is 11.3 Å². The molecule has 0 bridgehead atoms. The minimum Gasteiger partial charge on any atom is -0.450 e. The summed E-state index contributed by atoms with van der Waals surface area (Å²) in [4.78, 5) is 13.3. The Labute approximate surface area is 128 Å². The molecule has 3 aromatic rings. The topological polar surface area (TPSA) is 42.2 Å². The third-order valence-corrected chi connectivity index (χ3v) is 4.72. The molecule has 1 N–H and O–H groups in total. The molecule has 1 aromatic carbocycles. The molecule has 0 saturated carbocycles. The number of carbonyl (C=O) groups excluding carboxylic acids is 1. The molecule has 2 aromatic heterocycles. The number of hydrogen-bond donors (Lipinski definition) is 1. The van der Waals surface area contributed by atoms with Gasteiger partial charge in [-0.1, -0.05) is 18.2 Å². The molecular formula is C15H12BrNO2S. The number of thiophene rings is 1. The van der Waals surface area contributed by atoms with Gasteiger partial charge in [0.1, 0.15) is 5.58 Å². The molecule has 0 aliphatic carbocycles. The zero-order chi connectivity index (χ0) is 14.1. The fourth-order valence-electron chi connectivity index (χ4n) is 2.02. The van der Waals surface area contributed by atoms with Gasteiger partial charge >= 0.3 is 0 Å². The zero-order valence-electron chi connectivity index (χ0n) is 10.7. The second-order valence-electron chi connectivity index (χ2n) is 4.48. The van der Waals surface area contributed by atoms with Crippen LogP contribution in [0.4, 0.5) is 0 Å². The van der Waals surface area contributed by atoms with Crippen LogP contribution in [0, 0.1) is 0 Å². The smallest absolute Gasteiger partial charge is 0.287 e. The van der Waals surface area contributed by atoms with Crippen molar-refractivity contribution in [3.05, 3.63) is 56.9 Å². The van der Waals surface area contributed by atoms with Crippen molar-refractivity contribution in [1.29, 1.82) is 0 Å². The van der Waals surface area contributed by atoms with Gasteiger partial charge in [0.25, 0.3) is 5.91 Å². The number of fused-ring (bicyclic) bond motifs is 1. The van der Waals surface area contributed by atoms with Crippen molar-refractivity contribution in [2.45, 2.75) is 13.0 Å². The van der Waals surface area contributed by atoms with E-state index in [1.165, 1.54) is 0 Å². The summed E-state index contributed by atoms with van der Waals surface area (Å²) >= 11 is 5.04.